The summed E-state index contributed by atoms with van der Waals surface area (Å²) < 4.78 is 25.7. The predicted octanol–water partition coefficient (Wildman–Crippen LogP) is 2.08. The lowest BCUT2D eigenvalue weighted by atomic mass is 10.0. The molecule has 1 rings (SSSR count). The van der Waals surface area contributed by atoms with E-state index in [0.717, 1.165) is 5.56 Å². The molecule has 0 aliphatic heterocycles. The minimum absolute atomic E-state index is 0.0389. The molecule has 0 heterocycles. The maximum Gasteiger partial charge on any atom is 0.215 e. The number of nitrogens with zero attached hydrogens (tertiary/aromatic N) is 1. The molecule has 1 aromatic carbocycles. The summed E-state index contributed by atoms with van der Waals surface area (Å²) in [7, 11) is -3.29. The first kappa shape index (κ1) is 14.7. The highest BCUT2D eigenvalue weighted by Crippen LogP contribution is 2.18. The second kappa shape index (κ2) is 6.58. The molecule has 0 spiro atoms. The number of rotatable bonds is 6. The fourth-order valence-electron chi connectivity index (χ4n) is 1.81. The Morgan fingerprint density at radius 3 is 2.44 bits per heavy atom. The summed E-state index contributed by atoms with van der Waals surface area (Å²) in [4.78, 5) is 0. The zero-order chi connectivity index (χ0) is 13.6. The van der Waals surface area contributed by atoms with E-state index in [0.29, 0.717) is 6.54 Å². The molecule has 0 aliphatic carbocycles. The van der Waals surface area contributed by atoms with Gasteiger partial charge in [0.15, 0.2) is 0 Å². The Morgan fingerprint density at radius 2 is 1.94 bits per heavy atom. The molecule has 0 saturated carbocycles. The van der Waals surface area contributed by atoms with Crippen LogP contribution in [0.5, 0.6) is 0 Å². The van der Waals surface area contributed by atoms with Crippen LogP contribution in [-0.4, -0.2) is 31.6 Å². The number of sulfonamides is 1. The zero-order valence-corrected chi connectivity index (χ0v) is 11.7. The van der Waals surface area contributed by atoms with E-state index in [1.165, 1.54) is 4.31 Å². The molecule has 1 atom stereocenters. The summed E-state index contributed by atoms with van der Waals surface area (Å²) in [5.74, 6) is 2.44. The summed E-state index contributed by atoms with van der Waals surface area (Å²) in [6.45, 7) is 4.26. The van der Waals surface area contributed by atoms with Crippen molar-refractivity contribution in [2.45, 2.75) is 19.8 Å². The van der Waals surface area contributed by atoms with Crippen LogP contribution in [0.3, 0.4) is 0 Å². The van der Waals surface area contributed by atoms with Crippen molar-refractivity contribution in [2.24, 2.45) is 0 Å². The van der Waals surface area contributed by atoms with Gasteiger partial charge in [-0.1, -0.05) is 50.1 Å². The number of hydrogen-bond donors (Lipinski definition) is 0. The van der Waals surface area contributed by atoms with E-state index in [1.54, 1.807) is 6.92 Å². The van der Waals surface area contributed by atoms with Gasteiger partial charge < -0.3 is 0 Å². The number of benzene rings is 1. The minimum Gasteiger partial charge on any atom is -0.212 e. The highest BCUT2D eigenvalue weighted by molar-refractivity contribution is 7.89. The molecule has 3 nitrogen and oxygen atoms in total. The molecule has 0 N–H and O–H groups in total. The zero-order valence-electron chi connectivity index (χ0n) is 10.8. The first-order valence-corrected chi connectivity index (χ1v) is 7.58. The van der Waals surface area contributed by atoms with E-state index in [2.05, 4.69) is 5.92 Å². The van der Waals surface area contributed by atoms with E-state index in [9.17, 15) is 8.42 Å². The van der Waals surface area contributed by atoms with Crippen LogP contribution in [0.2, 0.25) is 0 Å². The van der Waals surface area contributed by atoms with Crippen LogP contribution < -0.4 is 0 Å². The fourth-order valence-corrected chi connectivity index (χ4v) is 3.51. The van der Waals surface area contributed by atoms with E-state index in [4.69, 9.17) is 6.42 Å². The van der Waals surface area contributed by atoms with E-state index >= 15 is 0 Å². The van der Waals surface area contributed by atoms with Gasteiger partial charge in [-0.3, -0.25) is 0 Å². The van der Waals surface area contributed by atoms with Crippen molar-refractivity contribution >= 4 is 10.0 Å². The Balaban J connectivity index is 2.80. The molecule has 0 radical (unpaired) electrons. The maximum atomic E-state index is 12.2. The van der Waals surface area contributed by atoms with Crippen molar-refractivity contribution in [1.82, 2.24) is 4.31 Å². The van der Waals surface area contributed by atoms with Crippen LogP contribution in [-0.2, 0) is 10.0 Å². The van der Waals surface area contributed by atoms with Gasteiger partial charge >= 0.3 is 0 Å². The lowest BCUT2D eigenvalue weighted by molar-refractivity contribution is 0.461. The largest absolute Gasteiger partial charge is 0.215 e. The maximum absolute atomic E-state index is 12.2. The van der Waals surface area contributed by atoms with E-state index < -0.39 is 10.0 Å². The van der Waals surface area contributed by atoms with Crippen molar-refractivity contribution < 1.29 is 8.42 Å². The summed E-state index contributed by atoms with van der Waals surface area (Å²) in [5, 5.41) is 0. The van der Waals surface area contributed by atoms with Crippen molar-refractivity contribution in [2.75, 3.05) is 18.8 Å². The Kier molecular flexibility index (Phi) is 5.39. The molecule has 1 unspecified atom stereocenters. The Morgan fingerprint density at radius 1 is 1.33 bits per heavy atom. The number of terminal acetylenes is 1. The molecule has 98 valence electrons. The third-order valence-electron chi connectivity index (χ3n) is 2.84. The topological polar surface area (TPSA) is 37.4 Å². The molecular formula is C14H19NO2S. The van der Waals surface area contributed by atoms with Crippen LogP contribution in [0, 0.1) is 12.3 Å². The Labute approximate surface area is 110 Å². The van der Waals surface area contributed by atoms with E-state index in [1.807, 2.05) is 37.3 Å². The molecule has 0 bridgehead atoms. The summed E-state index contributed by atoms with van der Waals surface area (Å²) >= 11 is 0. The van der Waals surface area contributed by atoms with Crippen LogP contribution in [0.1, 0.15) is 25.3 Å². The Bertz CT molecular complexity index is 502. The summed E-state index contributed by atoms with van der Waals surface area (Å²) in [5.41, 5.74) is 1.03. The molecule has 0 aromatic heterocycles. The quantitative estimate of drug-likeness (QED) is 0.738. The van der Waals surface area contributed by atoms with Crippen LogP contribution in [0.4, 0.5) is 0 Å². The van der Waals surface area contributed by atoms with Gasteiger partial charge in [0, 0.05) is 6.54 Å². The van der Waals surface area contributed by atoms with Gasteiger partial charge in [-0.25, -0.2) is 8.42 Å². The van der Waals surface area contributed by atoms with Crippen molar-refractivity contribution in [3.05, 3.63) is 35.9 Å². The van der Waals surface area contributed by atoms with Crippen LogP contribution in [0.25, 0.3) is 0 Å². The molecule has 4 heteroatoms. The van der Waals surface area contributed by atoms with Gasteiger partial charge in [0.25, 0.3) is 0 Å². The predicted molar refractivity (Wildman–Crippen MR) is 74.7 cm³/mol. The summed E-state index contributed by atoms with van der Waals surface area (Å²) in [6, 6.07) is 9.63. The molecule has 0 fully saturated rings. The smallest absolute Gasteiger partial charge is 0.212 e. The molecule has 0 aliphatic rings. The SMILES string of the molecule is C#CCN(CC)S(=O)(=O)CC(C)c1ccccc1. The molecule has 1 aromatic rings. The van der Waals surface area contributed by atoms with Gasteiger partial charge in [0.2, 0.25) is 10.0 Å². The first-order chi connectivity index (χ1) is 8.51. The Hall–Kier alpha value is -1.31. The minimum atomic E-state index is -3.29. The molecule has 0 amide bonds. The van der Waals surface area contributed by atoms with Crippen molar-refractivity contribution in [3.63, 3.8) is 0 Å². The van der Waals surface area contributed by atoms with Gasteiger partial charge in [-0.05, 0) is 11.5 Å². The lowest BCUT2D eigenvalue weighted by Crippen LogP contribution is -2.34. The molecular weight excluding hydrogens is 246 g/mol. The van der Waals surface area contributed by atoms with Crippen LogP contribution >= 0.6 is 0 Å². The average Bonchev–Trinajstić information content (AvgIpc) is 2.36. The molecule has 0 saturated heterocycles. The van der Waals surface area contributed by atoms with Crippen molar-refractivity contribution in [1.29, 1.82) is 0 Å². The highest BCUT2D eigenvalue weighted by atomic mass is 32.2. The fraction of sp³-hybridized carbons (Fsp3) is 0.429. The average molecular weight is 265 g/mol. The normalized spacial score (nSPS) is 13.2. The van der Waals surface area contributed by atoms with Gasteiger partial charge in [-0.2, -0.15) is 4.31 Å². The second-order valence-electron chi connectivity index (χ2n) is 4.22. The van der Waals surface area contributed by atoms with Crippen molar-refractivity contribution in [3.8, 4) is 12.3 Å². The third kappa shape index (κ3) is 3.86. The summed E-state index contributed by atoms with van der Waals surface area (Å²) in [6.07, 6.45) is 5.19. The monoisotopic (exact) mass is 265 g/mol. The van der Waals surface area contributed by atoms with Gasteiger partial charge in [0.05, 0.1) is 12.3 Å². The van der Waals surface area contributed by atoms with Gasteiger partial charge in [0.1, 0.15) is 0 Å². The first-order valence-electron chi connectivity index (χ1n) is 5.97. The number of hydrogen-bond acceptors (Lipinski definition) is 2. The van der Waals surface area contributed by atoms with E-state index in [-0.39, 0.29) is 18.2 Å². The lowest BCUT2D eigenvalue weighted by Gasteiger charge is -2.20. The standard InChI is InChI=1S/C14H19NO2S/c1-4-11-15(5-2)18(16,17)12-13(3)14-9-7-6-8-10-14/h1,6-10,13H,5,11-12H2,2-3H3. The highest BCUT2D eigenvalue weighted by Gasteiger charge is 2.23. The second-order valence-corrected chi connectivity index (χ2v) is 6.23. The van der Waals surface area contributed by atoms with Gasteiger partial charge in [-0.15, -0.1) is 6.42 Å². The third-order valence-corrected chi connectivity index (χ3v) is 4.94. The molecule has 18 heavy (non-hydrogen) atoms. The van der Waals surface area contributed by atoms with Crippen LogP contribution in [0.15, 0.2) is 30.3 Å².